The van der Waals surface area contributed by atoms with Gasteiger partial charge < -0.3 is 26.2 Å². The molecule has 13 heteroatoms. The fourth-order valence-electron chi connectivity index (χ4n) is 7.60. The number of halogens is 3. The highest BCUT2D eigenvalue weighted by Gasteiger charge is 2.64. The Labute approximate surface area is 239 Å². The van der Waals surface area contributed by atoms with E-state index in [1.165, 1.54) is 19.0 Å². The second-order valence-electron chi connectivity index (χ2n) is 12.1. The third-order valence-corrected chi connectivity index (χ3v) is 9.46. The van der Waals surface area contributed by atoms with E-state index < -0.39 is 93.1 Å². The Morgan fingerprint density at radius 2 is 1.74 bits per heavy atom. The van der Waals surface area contributed by atoms with Crippen LogP contribution in [0.4, 0.5) is 13.2 Å². The van der Waals surface area contributed by atoms with Crippen molar-refractivity contribution in [3.8, 4) is 5.75 Å². The molecule has 42 heavy (non-hydrogen) atoms. The highest BCUT2D eigenvalue weighted by molar-refractivity contribution is 6.24. The number of rotatable bonds is 5. The third-order valence-electron chi connectivity index (χ3n) is 9.46. The van der Waals surface area contributed by atoms with Crippen molar-refractivity contribution in [3.63, 3.8) is 0 Å². The molecule has 4 atom stereocenters. The Morgan fingerprint density at radius 3 is 2.29 bits per heavy atom. The number of phenols is 1. The zero-order valence-corrected chi connectivity index (χ0v) is 23.5. The number of hydrogen-bond acceptors (Lipinski definition) is 9. The number of primary amides is 1. The Kier molecular flexibility index (Phi) is 7.22. The average molecular weight is 594 g/mol. The lowest BCUT2D eigenvalue weighted by atomic mass is 9.57. The molecule has 0 radical (unpaired) electrons. The van der Waals surface area contributed by atoms with Gasteiger partial charge >= 0.3 is 6.18 Å². The van der Waals surface area contributed by atoms with Crippen LogP contribution in [0.2, 0.25) is 0 Å². The van der Waals surface area contributed by atoms with Crippen LogP contribution in [-0.4, -0.2) is 86.5 Å². The van der Waals surface area contributed by atoms with Gasteiger partial charge in [-0.25, -0.2) is 0 Å². The Morgan fingerprint density at radius 1 is 1.12 bits per heavy atom. The van der Waals surface area contributed by atoms with Crippen molar-refractivity contribution in [1.29, 1.82) is 0 Å². The lowest BCUT2D eigenvalue weighted by molar-refractivity contribution is -0.153. The van der Waals surface area contributed by atoms with Gasteiger partial charge in [-0.3, -0.25) is 24.2 Å². The molecule has 0 aliphatic heterocycles. The number of carbonyl (C=O) groups excluding carboxylic acids is 3. The number of fused-ring (bicyclic) bond motifs is 3. The standard InChI is InChI=1S/C29H34F3N3O7/c1-34(2)22-16-9-12-8-15-19(23(37)18(12)25(39)28(16,42)26(40)20(24(22)38)27(33)41)17(36)10-13(21(15)29(30,31)32)11-35(3)14-6-4-5-7-14/h10,12,14,16,22,36-37,40,42H,4-9,11H2,1-3H3,(H2,33,41)/t12-,16-,22-,28-/m0/s1. The van der Waals surface area contributed by atoms with E-state index in [2.05, 4.69) is 0 Å². The summed E-state index contributed by atoms with van der Waals surface area (Å²) in [6.45, 7) is -0.102. The molecule has 0 bridgehead atoms. The second kappa shape index (κ2) is 10.1. The van der Waals surface area contributed by atoms with Crippen LogP contribution in [0.15, 0.2) is 23.0 Å². The minimum Gasteiger partial charge on any atom is -0.508 e. The summed E-state index contributed by atoms with van der Waals surface area (Å²) in [5.74, 6) is -8.95. The number of phenolic OH excluding ortho intramolecular Hbond substituents is 1. The maximum atomic E-state index is 14.7. The molecule has 1 aromatic carbocycles. The Balaban J connectivity index is 1.69. The summed E-state index contributed by atoms with van der Waals surface area (Å²) in [5, 5.41) is 44.8. The molecule has 0 unspecified atom stereocenters. The monoisotopic (exact) mass is 593 g/mol. The van der Waals surface area contributed by atoms with Crippen molar-refractivity contribution in [1.82, 2.24) is 9.80 Å². The zero-order chi connectivity index (χ0) is 31.0. The normalized spacial score (nSPS) is 28.5. The number of likely N-dealkylation sites (N-methyl/N-ethyl adjacent to an activating group) is 1. The van der Waals surface area contributed by atoms with Gasteiger partial charge in [0.1, 0.15) is 22.8 Å². The van der Waals surface area contributed by atoms with Gasteiger partial charge in [-0.15, -0.1) is 0 Å². The fraction of sp³-hybridized carbons (Fsp3) is 0.552. The van der Waals surface area contributed by atoms with Crippen molar-refractivity contribution in [2.24, 2.45) is 17.6 Å². The first-order valence-electron chi connectivity index (χ1n) is 13.8. The number of aromatic hydroxyl groups is 1. The van der Waals surface area contributed by atoms with E-state index in [1.807, 2.05) is 4.90 Å². The number of ketones is 2. The summed E-state index contributed by atoms with van der Waals surface area (Å²) in [7, 11) is 4.62. The molecule has 1 amide bonds. The van der Waals surface area contributed by atoms with Crippen LogP contribution < -0.4 is 5.73 Å². The molecule has 5 rings (SSSR count). The number of carbonyl (C=O) groups is 3. The lowest BCUT2D eigenvalue weighted by Gasteiger charge is -2.50. The maximum absolute atomic E-state index is 14.7. The Hall–Kier alpha value is -3.42. The molecule has 2 fully saturated rings. The van der Waals surface area contributed by atoms with E-state index in [1.54, 1.807) is 7.05 Å². The van der Waals surface area contributed by atoms with E-state index in [9.17, 15) is 48.0 Å². The van der Waals surface area contributed by atoms with Crippen LogP contribution in [-0.2, 0) is 33.5 Å². The first kappa shape index (κ1) is 30.1. The van der Waals surface area contributed by atoms with Crippen molar-refractivity contribution in [2.75, 3.05) is 21.1 Å². The van der Waals surface area contributed by atoms with Crippen LogP contribution in [0.5, 0.6) is 5.75 Å². The van der Waals surface area contributed by atoms with Crippen LogP contribution in [0.25, 0.3) is 5.76 Å². The van der Waals surface area contributed by atoms with Gasteiger partial charge in [-0.1, -0.05) is 12.8 Å². The number of amides is 1. The molecule has 4 aliphatic carbocycles. The summed E-state index contributed by atoms with van der Waals surface area (Å²) >= 11 is 0. The summed E-state index contributed by atoms with van der Waals surface area (Å²) in [6.07, 6.45) is -1.95. The molecule has 0 heterocycles. The molecule has 228 valence electrons. The molecular formula is C29H34F3N3O7. The molecule has 4 aliphatic rings. The number of nitrogens with zero attached hydrogens (tertiary/aromatic N) is 2. The predicted molar refractivity (Wildman–Crippen MR) is 143 cm³/mol. The quantitative estimate of drug-likeness (QED) is 0.322. The van der Waals surface area contributed by atoms with Gasteiger partial charge in [0, 0.05) is 24.1 Å². The van der Waals surface area contributed by atoms with Gasteiger partial charge in [0.15, 0.2) is 11.4 Å². The van der Waals surface area contributed by atoms with Crippen molar-refractivity contribution in [3.05, 3.63) is 45.2 Å². The van der Waals surface area contributed by atoms with E-state index in [-0.39, 0.29) is 30.1 Å². The highest BCUT2D eigenvalue weighted by atomic mass is 19.4. The predicted octanol–water partition coefficient (Wildman–Crippen LogP) is 2.36. The number of hydrogen-bond donors (Lipinski definition) is 5. The zero-order valence-electron chi connectivity index (χ0n) is 23.5. The molecule has 1 aromatic rings. The van der Waals surface area contributed by atoms with Gasteiger partial charge in [-0.2, -0.15) is 13.2 Å². The summed E-state index contributed by atoms with van der Waals surface area (Å²) in [6, 6.07) is -0.293. The number of aliphatic hydroxyl groups excluding tert-OH is 2. The number of nitrogens with two attached hydrogens (primary N) is 1. The number of benzene rings is 1. The van der Waals surface area contributed by atoms with Gasteiger partial charge in [0.2, 0.25) is 5.78 Å². The van der Waals surface area contributed by atoms with Crippen LogP contribution in [0.1, 0.15) is 54.4 Å². The molecule has 10 nitrogen and oxygen atoms in total. The fourth-order valence-corrected chi connectivity index (χ4v) is 7.60. The van der Waals surface area contributed by atoms with Crippen LogP contribution in [0.3, 0.4) is 0 Å². The molecular weight excluding hydrogens is 559 g/mol. The first-order valence-corrected chi connectivity index (χ1v) is 13.8. The molecule has 0 spiro atoms. The summed E-state index contributed by atoms with van der Waals surface area (Å²) in [4.78, 5) is 42.3. The van der Waals surface area contributed by atoms with Crippen molar-refractivity contribution < 1.29 is 48.0 Å². The van der Waals surface area contributed by atoms with Crippen molar-refractivity contribution >= 4 is 23.2 Å². The highest BCUT2D eigenvalue weighted by Crippen LogP contribution is 2.54. The minimum atomic E-state index is -4.87. The average Bonchev–Trinajstić information content (AvgIpc) is 3.40. The summed E-state index contributed by atoms with van der Waals surface area (Å²) in [5.41, 5.74) is -1.17. The molecule has 2 saturated carbocycles. The summed E-state index contributed by atoms with van der Waals surface area (Å²) < 4.78 is 44.1. The number of Topliss-reactive ketones (excluding diaryl/α,β-unsaturated/α-hetero) is 2. The topological polar surface area (TPSA) is 165 Å². The second-order valence-corrected chi connectivity index (χ2v) is 12.1. The van der Waals surface area contributed by atoms with Gasteiger partial charge in [0.05, 0.1) is 17.2 Å². The SMILES string of the molecule is CN(Cc1cc(O)c2c(c1C(F)(F)F)C[C@H]1C[C@H]3[C@H](N(C)C)C(=O)C(C(N)=O)=C(O)[C@@]3(O)C(=O)C1=C2O)C1CCCC1. The van der Waals surface area contributed by atoms with E-state index in [0.717, 1.165) is 31.7 Å². The van der Waals surface area contributed by atoms with E-state index in [4.69, 9.17) is 5.73 Å². The van der Waals surface area contributed by atoms with Crippen molar-refractivity contribution in [2.45, 2.75) is 68.9 Å². The van der Waals surface area contributed by atoms with Crippen LogP contribution in [0, 0.1) is 11.8 Å². The maximum Gasteiger partial charge on any atom is 0.417 e. The lowest BCUT2D eigenvalue weighted by Crippen LogP contribution is -2.65. The van der Waals surface area contributed by atoms with Crippen LogP contribution >= 0.6 is 0 Å². The molecule has 0 aromatic heterocycles. The minimum absolute atomic E-state index is 0.0932. The third kappa shape index (κ3) is 4.32. The van der Waals surface area contributed by atoms with Gasteiger partial charge in [0.25, 0.3) is 5.91 Å². The smallest absolute Gasteiger partial charge is 0.417 e. The number of alkyl halides is 3. The number of aliphatic hydroxyl groups is 3. The van der Waals surface area contributed by atoms with Gasteiger partial charge in [-0.05, 0) is 69.9 Å². The molecule has 0 saturated heterocycles. The largest absolute Gasteiger partial charge is 0.508 e. The van der Waals surface area contributed by atoms with E-state index >= 15 is 0 Å². The molecule has 6 N–H and O–H groups in total. The van der Waals surface area contributed by atoms with E-state index in [0.29, 0.717) is 0 Å². The first-order chi connectivity index (χ1) is 19.5. The Bertz CT molecular complexity index is 1440.